The molecule has 0 saturated heterocycles. The first-order chi connectivity index (χ1) is 12.0. The maximum atomic E-state index is 11.4. The van der Waals surface area contributed by atoms with E-state index in [0.717, 1.165) is 33.7 Å². The monoisotopic (exact) mass is 372 g/mol. The van der Waals surface area contributed by atoms with E-state index in [2.05, 4.69) is 20.6 Å². The Morgan fingerprint density at radius 2 is 2.12 bits per heavy atom. The lowest BCUT2D eigenvalue weighted by Crippen LogP contribution is -2.33. The summed E-state index contributed by atoms with van der Waals surface area (Å²) in [6.45, 7) is 3.73. The molecule has 3 rings (SSSR count). The van der Waals surface area contributed by atoms with E-state index in [9.17, 15) is 4.79 Å². The van der Waals surface area contributed by atoms with Crippen LogP contribution in [0.3, 0.4) is 0 Å². The summed E-state index contributed by atoms with van der Waals surface area (Å²) in [6.07, 6.45) is 0.378. The predicted molar refractivity (Wildman–Crippen MR) is 106 cm³/mol. The van der Waals surface area contributed by atoms with Crippen LogP contribution in [0.25, 0.3) is 22.4 Å². The number of nitrogens with zero attached hydrogens (tertiary/aromatic N) is 1. The smallest absolute Gasteiger partial charge is 0.225 e. The summed E-state index contributed by atoms with van der Waals surface area (Å²) in [5, 5.41) is 6.59. The first-order valence-corrected chi connectivity index (χ1v) is 8.62. The van der Waals surface area contributed by atoms with Crippen molar-refractivity contribution in [3.05, 3.63) is 47.0 Å². The molecular formula is C18H17ClN4OS. The number of nitrogens with one attached hydrogen (secondary N) is 3. The topological polar surface area (TPSA) is 69.8 Å². The van der Waals surface area contributed by atoms with Crippen molar-refractivity contribution in [1.29, 1.82) is 0 Å². The summed E-state index contributed by atoms with van der Waals surface area (Å²) in [6, 6.07) is 11.5. The van der Waals surface area contributed by atoms with Crippen LogP contribution in [0.2, 0.25) is 5.02 Å². The maximum Gasteiger partial charge on any atom is 0.225 e. The van der Waals surface area contributed by atoms with Gasteiger partial charge in [0.05, 0.1) is 11.0 Å². The van der Waals surface area contributed by atoms with E-state index in [0.29, 0.717) is 11.4 Å². The number of carbonyl (C=O) groups is 1. The third kappa shape index (κ3) is 3.97. The number of aromatic amines is 1. The summed E-state index contributed by atoms with van der Waals surface area (Å²) < 4.78 is 0. The number of thiocarbonyl (C=S) groups is 1. The summed E-state index contributed by atoms with van der Waals surface area (Å²) in [5.74, 6) is 0.613. The van der Waals surface area contributed by atoms with Gasteiger partial charge in [0.15, 0.2) is 5.11 Å². The second-order valence-electron chi connectivity index (χ2n) is 5.64. The number of hydrogen-bond donors (Lipinski definition) is 3. The molecule has 0 aliphatic carbocycles. The third-order valence-electron chi connectivity index (χ3n) is 3.73. The zero-order chi connectivity index (χ0) is 18.0. The molecular weight excluding hydrogens is 356 g/mol. The molecule has 0 saturated carbocycles. The molecule has 1 amide bonds. The fraction of sp³-hybridized carbons (Fsp3) is 0.167. The highest BCUT2D eigenvalue weighted by atomic mass is 35.5. The molecule has 0 unspecified atom stereocenters. The first kappa shape index (κ1) is 17.4. The van der Waals surface area contributed by atoms with Crippen LogP contribution in [0.4, 0.5) is 5.69 Å². The number of imidazole rings is 1. The van der Waals surface area contributed by atoms with Crippen LogP contribution >= 0.6 is 23.8 Å². The summed E-state index contributed by atoms with van der Waals surface area (Å²) in [5.41, 5.74) is 4.42. The predicted octanol–water partition coefficient (Wildman–Crippen LogP) is 4.41. The van der Waals surface area contributed by atoms with Crippen LogP contribution in [0, 0.1) is 6.92 Å². The molecule has 3 N–H and O–H groups in total. The molecule has 0 aliphatic heterocycles. The highest BCUT2D eigenvalue weighted by molar-refractivity contribution is 7.80. The number of amides is 1. The second-order valence-corrected chi connectivity index (χ2v) is 6.46. The van der Waals surface area contributed by atoms with Gasteiger partial charge in [0.25, 0.3) is 0 Å². The molecule has 1 aromatic heterocycles. The van der Waals surface area contributed by atoms with E-state index in [-0.39, 0.29) is 11.0 Å². The SMILES string of the molecule is CCC(=O)NC(=S)Nc1cccc(-c2nc3cc(Cl)c(C)cc3[nH]2)c1. The van der Waals surface area contributed by atoms with Gasteiger partial charge in [-0.1, -0.05) is 30.7 Å². The average Bonchev–Trinajstić information content (AvgIpc) is 2.98. The minimum atomic E-state index is -0.127. The van der Waals surface area contributed by atoms with Crippen LogP contribution in [0.1, 0.15) is 18.9 Å². The normalized spacial score (nSPS) is 10.7. The van der Waals surface area contributed by atoms with Crippen LogP contribution in [-0.2, 0) is 4.79 Å². The van der Waals surface area contributed by atoms with Gasteiger partial charge in [-0.05, 0) is 49.0 Å². The molecule has 7 heteroatoms. The number of anilines is 1. The second kappa shape index (κ2) is 7.21. The van der Waals surface area contributed by atoms with Gasteiger partial charge < -0.3 is 15.6 Å². The molecule has 0 spiro atoms. The van der Waals surface area contributed by atoms with Crippen LogP contribution in [0.15, 0.2) is 36.4 Å². The Hall–Kier alpha value is -2.44. The maximum absolute atomic E-state index is 11.4. The third-order valence-corrected chi connectivity index (χ3v) is 4.34. The molecule has 5 nitrogen and oxygen atoms in total. The van der Waals surface area contributed by atoms with Crippen molar-refractivity contribution in [3.63, 3.8) is 0 Å². The average molecular weight is 373 g/mol. The molecule has 0 bridgehead atoms. The lowest BCUT2D eigenvalue weighted by Gasteiger charge is -2.09. The van der Waals surface area contributed by atoms with E-state index in [1.54, 1.807) is 6.92 Å². The van der Waals surface area contributed by atoms with Crippen LogP contribution < -0.4 is 10.6 Å². The fourth-order valence-corrected chi connectivity index (χ4v) is 2.79. The van der Waals surface area contributed by atoms with Crippen molar-refractivity contribution in [2.75, 3.05) is 5.32 Å². The standard InChI is InChI=1S/C18H17ClN4OS/c1-3-16(24)23-18(25)20-12-6-4-5-11(8-12)17-21-14-7-10(2)13(19)9-15(14)22-17/h4-9H,3H2,1-2H3,(H,21,22)(H2,20,23,24,25). The van der Waals surface area contributed by atoms with E-state index in [1.165, 1.54) is 0 Å². The Bertz CT molecular complexity index is 928. The summed E-state index contributed by atoms with van der Waals surface area (Å²) in [7, 11) is 0. The molecule has 0 fully saturated rings. The minimum absolute atomic E-state index is 0.127. The number of aryl methyl sites for hydroxylation is 1. The molecule has 1 heterocycles. The lowest BCUT2D eigenvalue weighted by atomic mass is 10.2. The van der Waals surface area contributed by atoms with Crippen LogP contribution in [0.5, 0.6) is 0 Å². The van der Waals surface area contributed by atoms with E-state index < -0.39 is 0 Å². The zero-order valence-corrected chi connectivity index (χ0v) is 15.4. The van der Waals surface area contributed by atoms with E-state index in [1.807, 2.05) is 43.3 Å². The number of aromatic nitrogens is 2. The number of benzene rings is 2. The van der Waals surface area contributed by atoms with Gasteiger partial charge in [-0.15, -0.1) is 0 Å². The molecule has 0 atom stereocenters. The summed E-state index contributed by atoms with van der Waals surface area (Å²) >= 11 is 11.3. The number of H-pyrrole nitrogens is 1. The van der Waals surface area contributed by atoms with E-state index in [4.69, 9.17) is 23.8 Å². The molecule has 25 heavy (non-hydrogen) atoms. The van der Waals surface area contributed by atoms with Gasteiger partial charge >= 0.3 is 0 Å². The van der Waals surface area contributed by atoms with Crippen molar-refractivity contribution in [3.8, 4) is 11.4 Å². The largest absolute Gasteiger partial charge is 0.338 e. The van der Waals surface area contributed by atoms with Gasteiger partial charge in [0.2, 0.25) is 5.91 Å². The Morgan fingerprint density at radius 1 is 1.32 bits per heavy atom. The Kier molecular flexibility index (Phi) is 5.01. The summed E-state index contributed by atoms with van der Waals surface area (Å²) in [4.78, 5) is 19.3. The van der Waals surface area contributed by atoms with Gasteiger partial charge in [0, 0.05) is 22.7 Å². The molecule has 0 aliphatic rings. The molecule has 0 radical (unpaired) electrons. The number of halogens is 1. The zero-order valence-electron chi connectivity index (χ0n) is 13.8. The fourth-order valence-electron chi connectivity index (χ4n) is 2.40. The van der Waals surface area contributed by atoms with Gasteiger partial charge in [-0.2, -0.15) is 0 Å². The Morgan fingerprint density at radius 3 is 2.88 bits per heavy atom. The molecule has 128 valence electrons. The highest BCUT2D eigenvalue weighted by Gasteiger charge is 2.09. The van der Waals surface area contributed by atoms with Gasteiger partial charge in [-0.3, -0.25) is 4.79 Å². The van der Waals surface area contributed by atoms with Crippen molar-refractivity contribution in [2.45, 2.75) is 20.3 Å². The number of fused-ring (bicyclic) bond motifs is 1. The number of hydrogen-bond acceptors (Lipinski definition) is 3. The van der Waals surface area contributed by atoms with Crippen LogP contribution in [-0.4, -0.2) is 21.0 Å². The molecule has 2 aromatic carbocycles. The van der Waals surface area contributed by atoms with Crippen molar-refractivity contribution in [2.24, 2.45) is 0 Å². The van der Waals surface area contributed by atoms with Gasteiger partial charge in [-0.25, -0.2) is 4.98 Å². The first-order valence-electron chi connectivity index (χ1n) is 7.83. The van der Waals surface area contributed by atoms with Gasteiger partial charge in [0.1, 0.15) is 5.82 Å². The number of carbonyl (C=O) groups excluding carboxylic acids is 1. The highest BCUT2D eigenvalue weighted by Crippen LogP contribution is 2.26. The molecule has 3 aromatic rings. The van der Waals surface area contributed by atoms with Crippen molar-refractivity contribution < 1.29 is 4.79 Å². The quantitative estimate of drug-likeness (QED) is 0.595. The number of rotatable bonds is 3. The van der Waals surface area contributed by atoms with Crippen molar-refractivity contribution >= 4 is 51.6 Å². The minimum Gasteiger partial charge on any atom is -0.338 e. The Balaban J connectivity index is 1.86. The lowest BCUT2D eigenvalue weighted by molar-refractivity contribution is -0.119. The van der Waals surface area contributed by atoms with E-state index >= 15 is 0 Å². The van der Waals surface area contributed by atoms with Crippen molar-refractivity contribution in [1.82, 2.24) is 15.3 Å². The Labute approximate surface area is 155 Å².